The van der Waals surface area contributed by atoms with Crippen LogP contribution < -0.4 is 25.6 Å². The lowest BCUT2D eigenvalue weighted by Gasteiger charge is -2.37. The van der Waals surface area contributed by atoms with Gasteiger partial charge in [0.1, 0.15) is 29.9 Å². The third-order valence-corrected chi connectivity index (χ3v) is 9.77. The number of aromatic nitrogens is 5. The molecule has 11 nitrogen and oxygen atoms in total. The molecule has 5 heterocycles. The minimum Gasteiger partial charge on any atom is -0.491 e. The highest BCUT2D eigenvalue weighted by Gasteiger charge is 2.27. The number of nitrogens with one attached hydrogen (secondary N) is 3. The van der Waals surface area contributed by atoms with E-state index in [0.717, 1.165) is 55.8 Å². The molecule has 43 heavy (non-hydrogen) atoms. The van der Waals surface area contributed by atoms with Gasteiger partial charge in [-0.15, -0.1) is 0 Å². The second kappa shape index (κ2) is 10.8. The van der Waals surface area contributed by atoms with Crippen LogP contribution in [0.5, 0.6) is 5.75 Å². The molecule has 0 saturated carbocycles. The molecule has 1 saturated heterocycles. The van der Waals surface area contributed by atoms with Gasteiger partial charge in [-0.2, -0.15) is 9.97 Å². The van der Waals surface area contributed by atoms with Crippen molar-refractivity contribution in [2.24, 2.45) is 0 Å². The molecule has 2 aromatic carbocycles. The van der Waals surface area contributed by atoms with Gasteiger partial charge in [0, 0.05) is 56.0 Å². The highest BCUT2D eigenvalue weighted by Crippen LogP contribution is 2.44. The average molecular weight is 598 g/mol. The van der Waals surface area contributed by atoms with E-state index in [1.54, 1.807) is 25.7 Å². The monoisotopic (exact) mass is 597 g/mol. The van der Waals surface area contributed by atoms with E-state index in [4.69, 9.17) is 14.7 Å². The smallest absolute Gasteiger partial charge is 0.231 e. The van der Waals surface area contributed by atoms with Crippen molar-refractivity contribution < 1.29 is 9.30 Å². The lowest BCUT2D eigenvalue weighted by molar-refractivity contribution is 0.288. The van der Waals surface area contributed by atoms with Crippen LogP contribution in [0.3, 0.4) is 0 Å². The molecule has 0 atom stereocenters. The first kappa shape index (κ1) is 27.6. The molecule has 3 aromatic heterocycles. The average Bonchev–Trinajstić information content (AvgIpc) is 3.46. The van der Waals surface area contributed by atoms with Crippen molar-refractivity contribution >= 4 is 63.3 Å². The molecule has 0 radical (unpaired) electrons. The third kappa shape index (κ3) is 5.17. The van der Waals surface area contributed by atoms with Crippen LogP contribution in [-0.2, 0) is 11.0 Å². The van der Waals surface area contributed by atoms with E-state index >= 15 is 0 Å². The maximum Gasteiger partial charge on any atom is 0.231 e. The summed E-state index contributed by atoms with van der Waals surface area (Å²) in [6, 6.07) is 7.86. The number of H-pyrrole nitrogens is 1. The minimum absolute atomic E-state index is 0.430. The Morgan fingerprint density at radius 2 is 1.81 bits per heavy atom. The number of anilines is 5. The fraction of sp³-hybridized carbons (Fsp3) is 0.355. The Hall–Kier alpha value is -4.21. The number of hydrogen-bond donors (Lipinski definition) is 3. The number of benzene rings is 2. The summed E-state index contributed by atoms with van der Waals surface area (Å²) in [5, 5.41) is 8.41. The molecule has 2 aliphatic rings. The van der Waals surface area contributed by atoms with Crippen molar-refractivity contribution in [3.8, 4) is 5.75 Å². The van der Waals surface area contributed by atoms with Gasteiger partial charge in [0.2, 0.25) is 5.95 Å². The van der Waals surface area contributed by atoms with Crippen molar-refractivity contribution in [2.75, 3.05) is 68.7 Å². The molecule has 0 bridgehead atoms. The molecule has 222 valence electrons. The molecule has 1 fully saturated rings. The summed E-state index contributed by atoms with van der Waals surface area (Å²) in [5.41, 5.74) is 7.30. The van der Waals surface area contributed by atoms with Gasteiger partial charge in [0.25, 0.3) is 0 Å². The fourth-order valence-electron chi connectivity index (χ4n) is 6.25. The summed E-state index contributed by atoms with van der Waals surface area (Å²) in [4.78, 5) is 26.7. The van der Waals surface area contributed by atoms with E-state index in [2.05, 4.69) is 55.4 Å². The number of rotatable bonds is 6. The van der Waals surface area contributed by atoms with Gasteiger partial charge < -0.3 is 34.7 Å². The van der Waals surface area contributed by atoms with Crippen LogP contribution in [0.1, 0.15) is 17.5 Å². The molecule has 7 rings (SSSR count). The van der Waals surface area contributed by atoms with E-state index in [9.17, 15) is 4.57 Å². The van der Waals surface area contributed by atoms with E-state index in [-0.39, 0.29) is 0 Å². The second-order valence-corrected chi connectivity index (χ2v) is 14.9. The Morgan fingerprint density at radius 3 is 2.63 bits per heavy atom. The summed E-state index contributed by atoms with van der Waals surface area (Å²) < 4.78 is 19.8. The highest BCUT2D eigenvalue weighted by atomic mass is 31.2. The SMILES string of the molecule is Cc1cc(Nc2nc(Nc3ccc4nccnc4c3P(C)(C)=O)c3cc[nH]c3n2)c2c(c1N1CCN(C)CC1)CCCO2. The van der Waals surface area contributed by atoms with Crippen LogP contribution in [0.2, 0.25) is 0 Å². The van der Waals surface area contributed by atoms with Gasteiger partial charge in [0.05, 0.1) is 34.2 Å². The number of fused-ring (bicyclic) bond motifs is 3. The molecule has 3 N–H and O–H groups in total. The standard InChI is InChI=1S/C31H36N9O2P/c1-19-18-24(27-20(6-5-17-42-27)26(19)40-15-13-39(2)14-16-40)36-31-37-29-21(9-10-34-29)30(38-31)35-23-8-7-22-25(33-12-11-32-22)28(23)43(3,4)41/h7-12,18H,5-6,13-17H2,1-4H3,(H3,34,35,36,37,38). The zero-order valence-electron chi connectivity index (χ0n) is 24.9. The minimum atomic E-state index is -2.74. The van der Waals surface area contributed by atoms with E-state index < -0.39 is 7.14 Å². The van der Waals surface area contributed by atoms with Gasteiger partial charge >= 0.3 is 0 Å². The summed E-state index contributed by atoms with van der Waals surface area (Å²) in [6.45, 7) is 10.4. The Morgan fingerprint density at radius 1 is 1.00 bits per heavy atom. The molecule has 0 unspecified atom stereocenters. The van der Waals surface area contributed by atoms with Gasteiger partial charge in [0.15, 0.2) is 0 Å². The van der Waals surface area contributed by atoms with Crippen LogP contribution in [-0.4, -0.2) is 83.0 Å². The zero-order valence-corrected chi connectivity index (χ0v) is 25.8. The molecular formula is C31H36N9O2P. The summed E-state index contributed by atoms with van der Waals surface area (Å²) in [5.74, 6) is 1.90. The van der Waals surface area contributed by atoms with Crippen molar-refractivity contribution in [3.63, 3.8) is 0 Å². The first-order valence-corrected chi connectivity index (χ1v) is 17.3. The van der Waals surface area contributed by atoms with Crippen LogP contribution in [0, 0.1) is 6.92 Å². The number of likely N-dealkylation sites (N-methyl/N-ethyl adjacent to an activating group) is 1. The van der Waals surface area contributed by atoms with Crippen molar-refractivity contribution in [1.29, 1.82) is 0 Å². The highest BCUT2D eigenvalue weighted by molar-refractivity contribution is 7.71. The Balaban J connectivity index is 1.28. The zero-order chi connectivity index (χ0) is 29.7. The number of nitrogens with zero attached hydrogens (tertiary/aromatic N) is 6. The van der Waals surface area contributed by atoms with Crippen LogP contribution in [0.25, 0.3) is 22.1 Å². The number of aromatic amines is 1. The first-order valence-electron chi connectivity index (χ1n) is 14.7. The normalized spacial score (nSPS) is 15.9. The first-order chi connectivity index (χ1) is 20.8. The summed E-state index contributed by atoms with van der Waals surface area (Å²) in [7, 11) is -0.566. The molecule has 0 aliphatic carbocycles. The number of piperazine rings is 1. The van der Waals surface area contributed by atoms with Crippen LogP contribution in [0.4, 0.5) is 28.8 Å². The topological polar surface area (TPSA) is 124 Å². The van der Waals surface area contributed by atoms with Crippen molar-refractivity contribution in [2.45, 2.75) is 19.8 Å². The van der Waals surface area contributed by atoms with E-state index in [1.165, 1.54) is 16.8 Å². The van der Waals surface area contributed by atoms with Gasteiger partial charge in [-0.1, -0.05) is 0 Å². The Bertz CT molecular complexity index is 1890. The Kier molecular flexibility index (Phi) is 6.94. The van der Waals surface area contributed by atoms with Crippen LogP contribution in [0.15, 0.2) is 42.9 Å². The molecule has 0 amide bonds. The third-order valence-electron chi connectivity index (χ3n) is 8.24. The predicted octanol–water partition coefficient (Wildman–Crippen LogP) is 5.02. The second-order valence-electron chi connectivity index (χ2n) is 11.8. The molecule has 5 aromatic rings. The van der Waals surface area contributed by atoms with Crippen molar-refractivity contribution in [3.05, 3.63) is 54.0 Å². The quantitative estimate of drug-likeness (QED) is 0.230. The van der Waals surface area contributed by atoms with Crippen LogP contribution >= 0.6 is 7.14 Å². The molecule has 2 aliphatic heterocycles. The molecule has 12 heteroatoms. The van der Waals surface area contributed by atoms with Gasteiger partial charge in [-0.25, -0.2) is 0 Å². The number of hydrogen-bond acceptors (Lipinski definition) is 10. The van der Waals surface area contributed by atoms with Crippen molar-refractivity contribution in [1.82, 2.24) is 29.8 Å². The maximum atomic E-state index is 13.5. The summed E-state index contributed by atoms with van der Waals surface area (Å²) in [6.07, 6.45) is 7.07. The Labute approximate surface area is 250 Å². The molecular weight excluding hydrogens is 561 g/mol. The lowest BCUT2D eigenvalue weighted by Crippen LogP contribution is -2.45. The molecule has 0 spiro atoms. The summed E-state index contributed by atoms with van der Waals surface area (Å²) >= 11 is 0. The van der Waals surface area contributed by atoms with E-state index in [0.29, 0.717) is 46.0 Å². The number of ether oxygens (including phenoxy) is 1. The maximum absolute atomic E-state index is 13.5. The van der Waals surface area contributed by atoms with Gasteiger partial charge in [-0.05, 0) is 70.0 Å². The van der Waals surface area contributed by atoms with Gasteiger partial charge in [-0.3, -0.25) is 9.97 Å². The predicted molar refractivity (Wildman–Crippen MR) is 174 cm³/mol. The largest absolute Gasteiger partial charge is 0.491 e. The lowest BCUT2D eigenvalue weighted by atomic mass is 9.97. The van der Waals surface area contributed by atoms with E-state index in [1.807, 2.05) is 24.4 Å². The number of aryl methyl sites for hydroxylation is 1. The fourth-order valence-corrected chi connectivity index (χ4v) is 7.64.